The summed E-state index contributed by atoms with van der Waals surface area (Å²) in [5.41, 5.74) is 1.44. The second-order valence-corrected chi connectivity index (χ2v) is 8.09. The fraction of sp³-hybridized carbons (Fsp3) is 0.579. The summed E-state index contributed by atoms with van der Waals surface area (Å²) in [6.45, 7) is 9.25. The van der Waals surface area contributed by atoms with Gasteiger partial charge in [0.25, 0.3) is 0 Å². The van der Waals surface area contributed by atoms with Gasteiger partial charge in [-0.2, -0.15) is 0 Å². The number of piperazine rings is 1. The van der Waals surface area contributed by atoms with Crippen molar-refractivity contribution in [2.45, 2.75) is 58.5 Å². The predicted molar refractivity (Wildman–Crippen MR) is 96.6 cm³/mol. The molecular weight excluding hydrogens is 334 g/mol. The molecule has 0 aliphatic carbocycles. The minimum absolute atomic E-state index is 0.0402. The summed E-state index contributed by atoms with van der Waals surface area (Å²) >= 11 is 0. The van der Waals surface area contributed by atoms with Gasteiger partial charge in [0.2, 0.25) is 5.91 Å². The molecule has 142 valence electrons. The Morgan fingerprint density at radius 1 is 1.23 bits per heavy atom. The van der Waals surface area contributed by atoms with E-state index in [4.69, 9.17) is 4.74 Å². The fourth-order valence-electron chi connectivity index (χ4n) is 3.36. The van der Waals surface area contributed by atoms with Gasteiger partial charge >= 0.3 is 6.09 Å². The molecule has 2 amide bonds. The Labute approximate surface area is 153 Å². The Balaban J connectivity index is 1.66. The number of nitrogens with zero attached hydrogens (tertiary/aromatic N) is 2. The van der Waals surface area contributed by atoms with Gasteiger partial charge in [0.05, 0.1) is 0 Å². The molecule has 2 heterocycles. The van der Waals surface area contributed by atoms with E-state index >= 15 is 0 Å². The number of phenols is 1. The van der Waals surface area contributed by atoms with Gasteiger partial charge in [0.1, 0.15) is 17.4 Å². The van der Waals surface area contributed by atoms with Crippen LogP contribution in [0.25, 0.3) is 0 Å². The van der Waals surface area contributed by atoms with E-state index in [0.717, 1.165) is 11.1 Å². The first-order valence-corrected chi connectivity index (χ1v) is 8.96. The van der Waals surface area contributed by atoms with Crippen molar-refractivity contribution in [1.82, 2.24) is 15.1 Å². The van der Waals surface area contributed by atoms with Gasteiger partial charge in [-0.3, -0.25) is 4.79 Å². The summed E-state index contributed by atoms with van der Waals surface area (Å²) in [6.07, 6.45) is -0.390. The maximum absolute atomic E-state index is 12.9. The van der Waals surface area contributed by atoms with E-state index in [0.29, 0.717) is 19.6 Å². The lowest BCUT2D eigenvalue weighted by Crippen LogP contribution is -2.62. The molecule has 3 rings (SSSR count). The van der Waals surface area contributed by atoms with Crippen LogP contribution in [0, 0.1) is 0 Å². The molecule has 2 N–H and O–H groups in total. The van der Waals surface area contributed by atoms with Crippen LogP contribution < -0.4 is 5.32 Å². The SMILES string of the molecule is C[C@@H]1CN[C@H](C(=O)N2Cc3ccc(O)cc3C2)CN1C(=O)OC(C)(C)C. The zero-order valence-corrected chi connectivity index (χ0v) is 15.8. The number of aromatic hydroxyl groups is 1. The monoisotopic (exact) mass is 361 g/mol. The highest BCUT2D eigenvalue weighted by Crippen LogP contribution is 2.27. The molecule has 0 spiro atoms. The maximum atomic E-state index is 12.9. The highest BCUT2D eigenvalue weighted by Gasteiger charge is 2.37. The van der Waals surface area contributed by atoms with E-state index in [9.17, 15) is 14.7 Å². The van der Waals surface area contributed by atoms with E-state index in [2.05, 4.69) is 5.32 Å². The quantitative estimate of drug-likeness (QED) is 0.798. The van der Waals surface area contributed by atoms with Crippen LogP contribution in [0.3, 0.4) is 0 Å². The molecule has 1 saturated heterocycles. The number of benzene rings is 1. The van der Waals surface area contributed by atoms with Crippen molar-refractivity contribution in [3.8, 4) is 5.75 Å². The van der Waals surface area contributed by atoms with Gasteiger partial charge < -0.3 is 25.0 Å². The lowest BCUT2D eigenvalue weighted by molar-refractivity contribution is -0.135. The van der Waals surface area contributed by atoms with Gasteiger partial charge in [-0.1, -0.05) is 6.07 Å². The van der Waals surface area contributed by atoms with Gasteiger partial charge in [-0.25, -0.2) is 4.79 Å². The largest absolute Gasteiger partial charge is 0.508 e. The lowest BCUT2D eigenvalue weighted by Gasteiger charge is -2.39. The van der Waals surface area contributed by atoms with Crippen molar-refractivity contribution in [3.63, 3.8) is 0 Å². The average molecular weight is 361 g/mol. The van der Waals surface area contributed by atoms with E-state index < -0.39 is 11.6 Å². The highest BCUT2D eigenvalue weighted by molar-refractivity contribution is 5.84. The van der Waals surface area contributed by atoms with Gasteiger partial charge in [0, 0.05) is 32.2 Å². The summed E-state index contributed by atoms with van der Waals surface area (Å²) in [5.74, 6) is 0.167. The van der Waals surface area contributed by atoms with Crippen molar-refractivity contribution in [2.75, 3.05) is 13.1 Å². The minimum Gasteiger partial charge on any atom is -0.508 e. The molecule has 7 nitrogen and oxygen atoms in total. The Morgan fingerprint density at radius 2 is 1.92 bits per heavy atom. The number of rotatable bonds is 1. The molecule has 26 heavy (non-hydrogen) atoms. The molecule has 7 heteroatoms. The number of hydrogen-bond acceptors (Lipinski definition) is 5. The number of phenolic OH excluding ortho intramolecular Hbond substituents is 1. The third-order valence-electron chi connectivity index (χ3n) is 4.72. The third kappa shape index (κ3) is 3.93. The molecule has 1 aromatic rings. The van der Waals surface area contributed by atoms with E-state index in [1.54, 1.807) is 21.9 Å². The number of carbonyl (C=O) groups is 2. The predicted octanol–water partition coefficient (Wildman–Crippen LogP) is 1.83. The van der Waals surface area contributed by atoms with Crippen molar-refractivity contribution in [3.05, 3.63) is 29.3 Å². The standard InChI is InChI=1S/C19H27N3O4/c1-12-8-20-16(11-22(12)18(25)26-19(2,3)4)17(24)21-9-13-5-6-15(23)7-14(13)10-21/h5-7,12,16,20,23H,8-11H2,1-4H3/t12-,16+/m1/s1. The summed E-state index contributed by atoms with van der Waals surface area (Å²) < 4.78 is 5.47. The van der Waals surface area contributed by atoms with Gasteiger partial charge in [-0.05, 0) is 51.0 Å². The highest BCUT2D eigenvalue weighted by atomic mass is 16.6. The Kier molecular flexibility index (Phi) is 4.84. The molecule has 1 fully saturated rings. The average Bonchev–Trinajstić information content (AvgIpc) is 2.96. The van der Waals surface area contributed by atoms with E-state index in [1.165, 1.54) is 0 Å². The van der Waals surface area contributed by atoms with Crippen LogP contribution in [0.4, 0.5) is 4.79 Å². The molecule has 0 aromatic heterocycles. The van der Waals surface area contributed by atoms with Gasteiger partial charge in [-0.15, -0.1) is 0 Å². The second kappa shape index (κ2) is 6.79. The summed E-state index contributed by atoms with van der Waals surface area (Å²) in [7, 11) is 0. The Hall–Kier alpha value is -2.28. The van der Waals surface area contributed by atoms with Crippen LogP contribution in [-0.2, 0) is 22.6 Å². The number of nitrogens with one attached hydrogen (secondary N) is 1. The number of fused-ring (bicyclic) bond motifs is 1. The van der Waals surface area contributed by atoms with Crippen molar-refractivity contribution in [1.29, 1.82) is 0 Å². The van der Waals surface area contributed by atoms with Crippen molar-refractivity contribution >= 4 is 12.0 Å². The number of amides is 2. The molecular formula is C19H27N3O4. The molecule has 2 aliphatic heterocycles. The minimum atomic E-state index is -0.570. The number of ether oxygens (including phenoxy) is 1. The number of hydrogen-bond donors (Lipinski definition) is 2. The fourth-order valence-corrected chi connectivity index (χ4v) is 3.36. The molecule has 0 saturated carbocycles. The molecule has 2 atom stereocenters. The van der Waals surface area contributed by atoms with Crippen LogP contribution in [0.1, 0.15) is 38.8 Å². The molecule has 1 aromatic carbocycles. The maximum Gasteiger partial charge on any atom is 0.410 e. The third-order valence-corrected chi connectivity index (χ3v) is 4.72. The zero-order chi connectivity index (χ0) is 19.1. The van der Waals surface area contributed by atoms with Crippen LogP contribution in [-0.4, -0.2) is 57.7 Å². The lowest BCUT2D eigenvalue weighted by atomic mass is 10.1. The van der Waals surface area contributed by atoms with Gasteiger partial charge in [0.15, 0.2) is 0 Å². The van der Waals surface area contributed by atoms with Crippen LogP contribution in [0.15, 0.2) is 18.2 Å². The Morgan fingerprint density at radius 3 is 2.62 bits per heavy atom. The second-order valence-electron chi connectivity index (χ2n) is 8.09. The summed E-state index contributed by atoms with van der Waals surface area (Å²) in [5, 5.41) is 12.9. The first-order chi connectivity index (χ1) is 12.1. The molecule has 0 bridgehead atoms. The van der Waals surface area contributed by atoms with Crippen LogP contribution in [0.5, 0.6) is 5.75 Å². The van der Waals surface area contributed by atoms with Crippen molar-refractivity contribution in [2.24, 2.45) is 0 Å². The van der Waals surface area contributed by atoms with E-state index in [-0.39, 0.29) is 30.3 Å². The topological polar surface area (TPSA) is 82.1 Å². The first-order valence-electron chi connectivity index (χ1n) is 8.96. The smallest absolute Gasteiger partial charge is 0.410 e. The van der Waals surface area contributed by atoms with Crippen LogP contribution in [0.2, 0.25) is 0 Å². The summed E-state index contributed by atoms with van der Waals surface area (Å²) in [4.78, 5) is 28.8. The number of carbonyl (C=O) groups excluding carboxylic acids is 2. The molecule has 0 unspecified atom stereocenters. The molecule has 0 radical (unpaired) electrons. The van der Waals surface area contributed by atoms with Crippen LogP contribution >= 0.6 is 0 Å². The first kappa shape index (κ1) is 18.5. The normalized spacial score (nSPS) is 22.9. The molecule has 2 aliphatic rings. The van der Waals surface area contributed by atoms with Crippen molar-refractivity contribution < 1.29 is 19.4 Å². The zero-order valence-electron chi connectivity index (χ0n) is 15.8. The van der Waals surface area contributed by atoms with E-state index in [1.807, 2.05) is 33.8 Å². The summed E-state index contributed by atoms with van der Waals surface area (Å²) in [6, 6.07) is 4.69. The Bertz CT molecular complexity index is 713.